The van der Waals surface area contributed by atoms with Crippen LogP contribution >= 0.6 is 0 Å². The van der Waals surface area contributed by atoms with Crippen LogP contribution in [0.2, 0.25) is 0 Å². The van der Waals surface area contributed by atoms with Crippen molar-refractivity contribution in [1.82, 2.24) is 5.32 Å². The molecule has 1 rings (SSSR count). The maximum atomic E-state index is 11.7. The van der Waals surface area contributed by atoms with E-state index in [-0.39, 0.29) is 18.7 Å². The third-order valence-electron chi connectivity index (χ3n) is 3.07. The minimum Gasteiger partial charge on any atom is -0.447 e. The SMILES string of the molecule is CCOCCOC(=O)NC(Cc1ccccc1)C(C)C. The van der Waals surface area contributed by atoms with Gasteiger partial charge in [-0.2, -0.15) is 0 Å². The highest BCUT2D eigenvalue weighted by atomic mass is 16.6. The number of ether oxygens (including phenoxy) is 2. The lowest BCUT2D eigenvalue weighted by atomic mass is 9.97. The van der Waals surface area contributed by atoms with E-state index in [0.717, 1.165) is 6.42 Å². The van der Waals surface area contributed by atoms with E-state index in [2.05, 4.69) is 31.3 Å². The number of hydrogen-bond acceptors (Lipinski definition) is 3. The van der Waals surface area contributed by atoms with E-state index >= 15 is 0 Å². The highest BCUT2D eigenvalue weighted by Crippen LogP contribution is 2.10. The van der Waals surface area contributed by atoms with Crippen LogP contribution in [0.3, 0.4) is 0 Å². The zero-order valence-corrected chi connectivity index (χ0v) is 12.6. The second-order valence-corrected chi connectivity index (χ2v) is 5.02. The zero-order chi connectivity index (χ0) is 14.8. The smallest absolute Gasteiger partial charge is 0.407 e. The monoisotopic (exact) mass is 279 g/mol. The average Bonchev–Trinajstić information content (AvgIpc) is 2.44. The quantitative estimate of drug-likeness (QED) is 0.744. The predicted octanol–water partition coefficient (Wildman–Crippen LogP) is 3.02. The summed E-state index contributed by atoms with van der Waals surface area (Å²) < 4.78 is 10.2. The summed E-state index contributed by atoms with van der Waals surface area (Å²) in [7, 11) is 0. The van der Waals surface area contributed by atoms with E-state index in [0.29, 0.717) is 19.1 Å². The molecule has 0 saturated carbocycles. The van der Waals surface area contributed by atoms with Crippen molar-refractivity contribution in [1.29, 1.82) is 0 Å². The van der Waals surface area contributed by atoms with Crippen LogP contribution in [0.25, 0.3) is 0 Å². The Balaban J connectivity index is 2.41. The van der Waals surface area contributed by atoms with Crippen LogP contribution in [-0.4, -0.2) is 32.0 Å². The summed E-state index contributed by atoms with van der Waals surface area (Å²) in [5, 5.41) is 2.93. The molecule has 1 N–H and O–H groups in total. The third kappa shape index (κ3) is 6.57. The van der Waals surface area contributed by atoms with Crippen LogP contribution in [0.1, 0.15) is 26.3 Å². The van der Waals surface area contributed by atoms with Gasteiger partial charge in [0.2, 0.25) is 0 Å². The Bertz CT molecular complexity index is 379. The molecule has 0 aliphatic rings. The van der Waals surface area contributed by atoms with Gasteiger partial charge in [-0.25, -0.2) is 4.79 Å². The molecule has 0 aliphatic heterocycles. The Kier molecular flexibility index (Phi) is 7.73. The van der Waals surface area contributed by atoms with Gasteiger partial charge in [-0.3, -0.25) is 0 Å². The Morgan fingerprint density at radius 2 is 1.90 bits per heavy atom. The molecule has 1 atom stereocenters. The molecule has 0 aliphatic carbocycles. The van der Waals surface area contributed by atoms with Crippen molar-refractivity contribution in [3.63, 3.8) is 0 Å². The maximum Gasteiger partial charge on any atom is 0.407 e. The first kappa shape index (κ1) is 16.5. The maximum absolute atomic E-state index is 11.7. The molecule has 1 amide bonds. The lowest BCUT2D eigenvalue weighted by molar-refractivity contribution is 0.0764. The molecule has 112 valence electrons. The molecule has 0 radical (unpaired) electrons. The van der Waals surface area contributed by atoms with Crippen molar-refractivity contribution in [2.45, 2.75) is 33.2 Å². The third-order valence-corrected chi connectivity index (χ3v) is 3.07. The molecule has 0 aromatic heterocycles. The van der Waals surface area contributed by atoms with Crippen LogP contribution in [-0.2, 0) is 15.9 Å². The van der Waals surface area contributed by atoms with Gasteiger partial charge in [-0.05, 0) is 24.8 Å². The van der Waals surface area contributed by atoms with E-state index in [9.17, 15) is 4.79 Å². The Morgan fingerprint density at radius 3 is 2.50 bits per heavy atom. The molecule has 1 aromatic rings. The van der Waals surface area contributed by atoms with Gasteiger partial charge >= 0.3 is 6.09 Å². The van der Waals surface area contributed by atoms with Crippen molar-refractivity contribution in [3.05, 3.63) is 35.9 Å². The van der Waals surface area contributed by atoms with Gasteiger partial charge in [0.25, 0.3) is 0 Å². The lowest BCUT2D eigenvalue weighted by Crippen LogP contribution is -2.40. The van der Waals surface area contributed by atoms with Gasteiger partial charge < -0.3 is 14.8 Å². The number of carbonyl (C=O) groups is 1. The number of alkyl carbamates (subject to hydrolysis) is 1. The van der Waals surface area contributed by atoms with Gasteiger partial charge in [0.1, 0.15) is 6.61 Å². The molecule has 20 heavy (non-hydrogen) atoms. The Labute approximate surface area is 121 Å². The van der Waals surface area contributed by atoms with Crippen LogP contribution in [0, 0.1) is 5.92 Å². The summed E-state index contributed by atoms with van der Waals surface area (Å²) in [5.74, 6) is 0.342. The molecular formula is C16H25NO3. The summed E-state index contributed by atoms with van der Waals surface area (Å²) in [6.07, 6.45) is 0.429. The fourth-order valence-electron chi connectivity index (χ4n) is 1.85. The Morgan fingerprint density at radius 1 is 1.20 bits per heavy atom. The van der Waals surface area contributed by atoms with Gasteiger partial charge in [-0.15, -0.1) is 0 Å². The fourth-order valence-corrected chi connectivity index (χ4v) is 1.85. The average molecular weight is 279 g/mol. The molecule has 1 unspecified atom stereocenters. The first-order valence-electron chi connectivity index (χ1n) is 7.18. The number of hydrogen-bond donors (Lipinski definition) is 1. The van der Waals surface area contributed by atoms with Crippen molar-refractivity contribution < 1.29 is 14.3 Å². The standard InChI is InChI=1S/C16H25NO3/c1-4-19-10-11-20-16(18)17-15(13(2)3)12-14-8-6-5-7-9-14/h5-9,13,15H,4,10-12H2,1-3H3,(H,17,18). The highest BCUT2D eigenvalue weighted by Gasteiger charge is 2.17. The lowest BCUT2D eigenvalue weighted by Gasteiger charge is -2.22. The summed E-state index contributed by atoms with van der Waals surface area (Å²) in [4.78, 5) is 11.7. The van der Waals surface area contributed by atoms with Crippen LogP contribution in [0.4, 0.5) is 4.79 Å². The van der Waals surface area contributed by atoms with Crippen molar-refractivity contribution in [2.24, 2.45) is 5.92 Å². The molecule has 0 saturated heterocycles. The van der Waals surface area contributed by atoms with E-state index < -0.39 is 0 Å². The van der Waals surface area contributed by atoms with E-state index in [1.165, 1.54) is 5.56 Å². The second-order valence-electron chi connectivity index (χ2n) is 5.02. The van der Waals surface area contributed by atoms with E-state index in [4.69, 9.17) is 9.47 Å². The van der Waals surface area contributed by atoms with Crippen LogP contribution < -0.4 is 5.32 Å². The molecule has 0 heterocycles. The van der Waals surface area contributed by atoms with Crippen molar-refractivity contribution >= 4 is 6.09 Å². The molecule has 0 spiro atoms. The molecule has 0 bridgehead atoms. The van der Waals surface area contributed by atoms with Gasteiger partial charge in [0, 0.05) is 12.6 Å². The second kappa shape index (κ2) is 9.37. The summed E-state index contributed by atoms with van der Waals surface area (Å²) in [6.45, 7) is 7.45. The first-order valence-corrected chi connectivity index (χ1v) is 7.18. The van der Waals surface area contributed by atoms with Gasteiger partial charge in [-0.1, -0.05) is 44.2 Å². The largest absolute Gasteiger partial charge is 0.447 e. The minimum atomic E-state index is -0.376. The minimum absolute atomic E-state index is 0.0667. The van der Waals surface area contributed by atoms with Crippen LogP contribution in [0.15, 0.2) is 30.3 Å². The first-order chi connectivity index (χ1) is 9.63. The number of benzene rings is 1. The zero-order valence-electron chi connectivity index (χ0n) is 12.6. The highest BCUT2D eigenvalue weighted by molar-refractivity contribution is 5.67. The topological polar surface area (TPSA) is 47.6 Å². The number of rotatable bonds is 8. The summed E-state index contributed by atoms with van der Waals surface area (Å²) in [6, 6.07) is 10.2. The van der Waals surface area contributed by atoms with E-state index in [1.54, 1.807) is 0 Å². The molecule has 0 fully saturated rings. The van der Waals surface area contributed by atoms with Crippen LogP contribution in [0.5, 0.6) is 0 Å². The summed E-state index contributed by atoms with van der Waals surface area (Å²) >= 11 is 0. The van der Waals surface area contributed by atoms with Crippen molar-refractivity contribution in [3.8, 4) is 0 Å². The molecule has 4 heteroatoms. The number of carbonyl (C=O) groups excluding carboxylic acids is 1. The summed E-state index contributed by atoms with van der Waals surface area (Å²) in [5.41, 5.74) is 1.21. The number of nitrogens with one attached hydrogen (secondary N) is 1. The Hall–Kier alpha value is -1.55. The number of amides is 1. The normalized spacial score (nSPS) is 12.2. The van der Waals surface area contributed by atoms with Gasteiger partial charge in [0.05, 0.1) is 6.61 Å². The molecule has 1 aromatic carbocycles. The predicted molar refractivity (Wildman–Crippen MR) is 79.7 cm³/mol. The molecule has 4 nitrogen and oxygen atoms in total. The van der Waals surface area contributed by atoms with E-state index in [1.807, 2.05) is 25.1 Å². The van der Waals surface area contributed by atoms with Gasteiger partial charge in [0.15, 0.2) is 0 Å². The fraction of sp³-hybridized carbons (Fsp3) is 0.562. The van der Waals surface area contributed by atoms with Crippen molar-refractivity contribution in [2.75, 3.05) is 19.8 Å². The molecular weight excluding hydrogens is 254 g/mol.